The van der Waals surface area contributed by atoms with Crippen LogP contribution in [-0.2, 0) is 35.5 Å². The van der Waals surface area contributed by atoms with Gasteiger partial charge in [0.2, 0.25) is 5.91 Å². The van der Waals surface area contributed by atoms with Crippen molar-refractivity contribution in [2.45, 2.75) is 25.9 Å². The molecule has 7 nitrogen and oxygen atoms in total. The SMILES string of the molecule is O=C(Cc1ccccc1Cl)N1CCc2c(c(C(=O)N3CCOCC3)nn2Cc2ccccc2)C1. The molecule has 0 radical (unpaired) electrons. The largest absolute Gasteiger partial charge is 0.378 e. The highest BCUT2D eigenvalue weighted by Gasteiger charge is 2.32. The van der Waals surface area contributed by atoms with E-state index in [9.17, 15) is 9.59 Å². The number of ether oxygens (including phenoxy) is 1. The van der Waals surface area contributed by atoms with Crippen LogP contribution in [0.5, 0.6) is 0 Å². The van der Waals surface area contributed by atoms with Gasteiger partial charge in [-0.3, -0.25) is 14.3 Å². The highest BCUT2D eigenvalue weighted by molar-refractivity contribution is 6.31. The molecule has 5 rings (SSSR count). The Hall–Kier alpha value is -3.16. The standard InChI is InChI=1S/C26H27ClN4O3/c27-22-9-5-4-8-20(22)16-24(32)30-11-10-23-21(18-30)25(26(33)29-12-14-34-15-13-29)28-31(23)17-19-6-2-1-3-7-19/h1-9H,10-18H2. The Kier molecular flexibility index (Phi) is 6.65. The highest BCUT2D eigenvalue weighted by atomic mass is 35.5. The summed E-state index contributed by atoms with van der Waals surface area (Å²) in [5.74, 6) is -0.0916. The molecule has 0 atom stereocenters. The second kappa shape index (κ2) is 9.99. The van der Waals surface area contributed by atoms with E-state index < -0.39 is 0 Å². The molecule has 0 aliphatic carbocycles. The molecule has 0 N–H and O–H groups in total. The third-order valence-electron chi connectivity index (χ3n) is 6.46. The van der Waals surface area contributed by atoms with E-state index in [4.69, 9.17) is 21.4 Å². The molecule has 0 bridgehead atoms. The molecule has 34 heavy (non-hydrogen) atoms. The summed E-state index contributed by atoms with van der Waals surface area (Å²) in [7, 11) is 0. The molecule has 1 fully saturated rings. The number of carbonyl (C=O) groups is 2. The first-order valence-electron chi connectivity index (χ1n) is 11.6. The van der Waals surface area contributed by atoms with Gasteiger partial charge >= 0.3 is 0 Å². The van der Waals surface area contributed by atoms with Crippen LogP contribution >= 0.6 is 11.6 Å². The van der Waals surface area contributed by atoms with Crippen molar-refractivity contribution in [2.75, 3.05) is 32.8 Å². The topological polar surface area (TPSA) is 67.7 Å². The normalized spacial score (nSPS) is 15.8. The maximum atomic E-state index is 13.4. The van der Waals surface area contributed by atoms with E-state index in [1.165, 1.54) is 0 Å². The first kappa shape index (κ1) is 22.6. The smallest absolute Gasteiger partial charge is 0.274 e. The highest BCUT2D eigenvalue weighted by Crippen LogP contribution is 2.26. The number of fused-ring (bicyclic) bond motifs is 1. The fraction of sp³-hybridized carbons (Fsp3) is 0.346. The fourth-order valence-corrected chi connectivity index (χ4v) is 4.80. The lowest BCUT2D eigenvalue weighted by molar-refractivity contribution is -0.131. The Morgan fingerprint density at radius 3 is 2.44 bits per heavy atom. The molecule has 0 unspecified atom stereocenters. The van der Waals surface area contributed by atoms with Gasteiger partial charge < -0.3 is 14.5 Å². The summed E-state index contributed by atoms with van der Waals surface area (Å²) < 4.78 is 7.35. The van der Waals surface area contributed by atoms with E-state index in [1.54, 1.807) is 11.0 Å². The van der Waals surface area contributed by atoms with E-state index in [0.717, 1.165) is 22.4 Å². The maximum Gasteiger partial charge on any atom is 0.274 e. The number of nitrogens with zero attached hydrogens (tertiary/aromatic N) is 4. The van der Waals surface area contributed by atoms with Crippen molar-refractivity contribution in [3.05, 3.63) is 87.7 Å². The summed E-state index contributed by atoms with van der Waals surface area (Å²) in [6.45, 7) is 3.71. The lowest BCUT2D eigenvalue weighted by Crippen LogP contribution is -2.42. The van der Waals surface area contributed by atoms with E-state index in [0.29, 0.717) is 63.1 Å². The molecule has 8 heteroatoms. The number of hydrogen-bond donors (Lipinski definition) is 0. The first-order valence-corrected chi connectivity index (χ1v) is 12.0. The Bertz CT molecular complexity index is 1190. The maximum absolute atomic E-state index is 13.4. The minimum atomic E-state index is -0.0910. The average Bonchev–Trinajstić information content (AvgIpc) is 3.23. The van der Waals surface area contributed by atoms with Crippen LogP contribution in [-0.4, -0.2) is 64.2 Å². The molecule has 2 aliphatic rings. The van der Waals surface area contributed by atoms with Crippen molar-refractivity contribution in [3.63, 3.8) is 0 Å². The number of aromatic nitrogens is 2. The van der Waals surface area contributed by atoms with Crippen LogP contribution in [0.1, 0.15) is 32.9 Å². The minimum absolute atomic E-state index is 0.000620. The van der Waals surface area contributed by atoms with Crippen LogP contribution in [0.25, 0.3) is 0 Å². The van der Waals surface area contributed by atoms with Crippen molar-refractivity contribution in [1.82, 2.24) is 19.6 Å². The number of benzene rings is 2. The summed E-state index contributed by atoms with van der Waals surface area (Å²) >= 11 is 6.28. The number of morpholine rings is 1. The zero-order valence-electron chi connectivity index (χ0n) is 19.0. The van der Waals surface area contributed by atoms with Gasteiger partial charge in [0.1, 0.15) is 0 Å². The van der Waals surface area contributed by atoms with Gasteiger partial charge in [-0.2, -0.15) is 5.10 Å². The molecule has 0 spiro atoms. The van der Waals surface area contributed by atoms with E-state index in [-0.39, 0.29) is 18.2 Å². The second-order valence-electron chi connectivity index (χ2n) is 8.66. The van der Waals surface area contributed by atoms with Crippen molar-refractivity contribution < 1.29 is 14.3 Å². The monoisotopic (exact) mass is 478 g/mol. The average molecular weight is 479 g/mol. The number of hydrogen-bond acceptors (Lipinski definition) is 4. The Morgan fingerprint density at radius 2 is 1.68 bits per heavy atom. The molecule has 0 saturated carbocycles. The molecular formula is C26H27ClN4O3. The summed E-state index contributed by atoms with van der Waals surface area (Å²) in [6.07, 6.45) is 0.889. The minimum Gasteiger partial charge on any atom is -0.378 e. The summed E-state index contributed by atoms with van der Waals surface area (Å²) in [4.78, 5) is 30.2. The third-order valence-corrected chi connectivity index (χ3v) is 6.83. The number of carbonyl (C=O) groups excluding carboxylic acids is 2. The first-order chi connectivity index (χ1) is 16.6. The van der Waals surface area contributed by atoms with Crippen LogP contribution < -0.4 is 0 Å². The van der Waals surface area contributed by atoms with Crippen LogP contribution in [0.2, 0.25) is 5.02 Å². The molecule has 1 aromatic heterocycles. The van der Waals surface area contributed by atoms with Gasteiger partial charge in [0.05, 0.1) is 26.2 Å². The van der Waals surface area contributed by atoms with Gasteiger partial charge in [-0.15, -0.1) is 0 Å². The van der Waals surface area contributed by atoms with E-state index in [2.05, 4.69) is 12.1 Å². The quantitative estimate of drug-likeness (QED) is 0.565. The molecule has 3 heterocycles. The molecule has 2 aromatic carbocycles. The lowest BCUT2D eigenvalue weighted by atomic mass is 10.0. The van der Waals surface area contributed by atoms with Gasteiger partial charge in [0.15, 0.2) is 5.69 Å². The van der Waals surface area contributed by atoms with Gasteiger partial charge in [0.25, 0.3) is 5.91 Å². The van der Waals surface area contributed by atoms with Gasteiger partial charge in [-0.25, -0.2) is 0 Å². The summed E-state index contributed by atoms with van der Waals surface area (Å²) in [5, 5.41) is 5.37. The van der Waals surface area contributed by atoms with Gasteiger partial charge in [0, 0.05) is 48.9 Å². The van der Waals surface area contributed by atoms with Gasteiger partial charge in [-0.05, 0) is 17.2 Å². The molecular weight excluding hydrogens is 452 g/mol. The summed E-state index contributed by atoms with van der Waals surface area (Å²) in [6, 6.07) is 17.5. The predicted molar refractivity (Wildman–Crippen MR) is 129 cm³/mol. The zero-order valence-corrected chi connectivity index (χ0v) is 19.7. The lowest BCUT2D eigenvalue weighted by Gasteiger charge is -2.29. The molecule has 1 saturated heterocycles. The van der Waals surface area contributed by atoms with Crippen LogP contribution in [0.4, 0.5) is 0 Å². The Morgan fingerprint density at radius 1 is 0.941 bits per heavy atom. The molecule has 176 valence electrons. The van der Waals surface area contributed by atoms with E-state index in [1.807, 2.05) is 46.0 Å². The van der Waals surface area contributed by atoms with Crippen LogP contribution in [0.3, 0.4) is 0 Å². The van der Waals surface area contributed by atoms with Crippen LogP contribution in [0, 0.1) is 0 Å². The summed E-state index contributed by atoms with van der Waals surface area (Å²) in [5.41, 5.74) is 4.26. The number of amides is 2. The molecule has 3 aromatic rings. The van der Waals surface area contributed by atoms with Crippen molar-refractivity contribution in [1.29, 1.82) is 0 Å². The Labute approximate surface area is 203 Å². The zero-order chi connectivity index (χ0) is 23.5. The van der Waals surface area contributed by atoms with Crippen LogP contribution in [0.15, 0.2) is 54.6 Å². The van der Waals surface area contributed by atoms with Crippen molar-refractivity contribution in [2.24, 2.45) is 0 Å². The van der Waals surface area contributed by atoms with Crippen molar-refractivity contribution >= 4 is 23.4 Å². The number of rotatable bonds is 5. The third kappa shape index (κ3) is 4.72. The predicted octanol–water partition coefficient (Wildman–Crippen LogP) is 3.18. The van der Waals surface area contributed by atoms with E-state index >= 15 is 0 Å². The molecule has 2 aliphatic heterocycles. The fourth-order valence-electron chi connectivity index (χ4n) is 4.60. The second-order valence-corrected chi connectivity index (χ2v) is 9.06. The Balaban J connectivity index is 1.43. The van der Waals surface area contributed by atoms with Gasteiger partial charge in [-0.1, -0.05) is 60.1 Å². The number of halogens is 1. The molecule has 2 amide bonds. The van der Waals surface area contributed by atoms with Crippen molar-refractivity contribution in [3.8, 4) is 0 Å².